The maximum Gasteiger partial charge on any atom is 0.410 e. The van der Waals surface area contributed by atoms with Gasteiger partial charge in [-0.1, -0.05) is 30.0 Å². The molecule has 1 saturated heterocycles. The van der Waals surface area contributed by atoms with E-state index in [1.165, 1.54) is 0 Å². The molecule has 3 rings (SSSR count). The van der Waals surface area contributed by atoms with E-state index in [0.717, 1.165) is 24.8 Å². The minimum Gasteiger partial charge on any atom is -0.450 e. The van der Waals surface area contributed by atoms with Crippen molar-refractivity contribution < 1.29 is 14.6 Å². The second-order valence-electron chi connectivity index (χ2n) is 6.29. The maximum atomic E-state index is 12.1. The highest BCUT2D eigenvalue weighted by atomic mass is 16.6. The van der Waals surface area contributed by atoms with Gasteiger partial charge in [0.1, 0.15) is 5.60 Å². The lowest BCUT2D eigenvalue weighted by Gasteiger charge is -2.39. The van der Waals surface area contributed by atoms with Crippen molar-refractivity contribution in [3.63, 3.8) is 0 Å². The van der Waals surface area contributed by atoms with E-state index in [0.29, 0.717) is 19.6 Å². The number of rotatable bonds is 1. The molecule has 1 saturated carbocycles. The molecule has 0 bridgehead atoms. The minimum absolute atomic E-state index is 0.0110. The predicted molar refractivity (Wildman–Crippen MR) is 87.7 cm³/mol. The van der Waals surface area contributed by atoms with Crippen LogP contribution in [0.3, 0.4) is 0 Å². The Kier molecular flexibility index (Phi) is 4.58. The van der Waals surface area contributed by atoms with Gasteiger partial charge in [0, 0.05) is 24.1 Å². The van der Waals surface area contributed by atoms with Crippen LogP contribution in [0.25, 0.3) is 0 Å². The van der Waals surface area contributed by atoms with E-state index in [9.17, 15) is 9.90 Å². The number of hydrogen-bond donors (Lipinski definition) is 1. The number of hydrogen-bond acceptors (Lipinski definition) is 3. The van der Waals surface area contributed by atoms with Crippen LogP contribution >= 0.6 is 0 Å². The average Bonchev–Trinajstić information content (AvgIpc) is 3.00. The Labute approximate surface area is 137 Å². The van der Waals surface area contributed by atoms with Gasteiger partial charge in [-0.05, 0) is 44.7 Å². The lowest BCUT2D eigenvalue weighted by Crippen LogP contribution is -2.49. The fourth-order valence-corrected chi connectivity index (χ4v) is 3.82. The van der Waals surface area contributed by atoms with E-state index in [1.54, 1.807) is 4.90 Å². The number of ether oxygens (including phenoxy) is 1. The summed E-state index contributed by atoms with van der Waals surface area (Å²) in [5.41, 5.74) is -0.108. The minimum atomic E-state index is -1.01. The molecule has 2 fully saturated rings. The molecule has 1 aromatic carbocycles. The van der Waals surface area contributed by atoms with Crippen molar-refractivity contribution in [2.45, 2.75) is 44.2 Å². The molecule has 23 heavy (non-hydrogen) atoms. The Morgan fingerprint density at radius 3 is 2.91 bits per heavy atom. The highest BCUT2D eigenvalue weighted by Gasteiger charge is 2.50. The van der Waals surface area contributed by atoms with Crippen LogP contribution in [-0.4, -0.2) is 40.9 Å². The smallest absolute Gasteiger partial charge is 0.410 e. The Hall–Kier alpha value is -1.99. The van der Waals surface area contributed by atoms with E-state index in [4.69, 9.17) is 4.74 Å². The summed E-state index contributed by atoms with van der Waals surface area (Å²) in [5.74, 6) is 6.22. The van der Waals surface area contributed by atoms with Crippen molar-refractivity contribution in [1.82, 2.24) is 4.90 Å². The van der Waals surface area contributed by atoms with E-state index >= 15 is 0 Å². The standard InChI is InChI=1S/C19H23NO3/c1-2-23-18(21)20-14-11-16-17(20)9-6-12-19(16,22)13-10-15-7-4-3-5-8-15/h3-5,7-8,16-17,22H,2,6,9,11-12,14H2,1H3. The maximum absolute atomic E-state index is 12.1. The summed E-state index contributed by atoms with van der Waals surface area (Å²) in [7, 11) is 0. The first-order valence-corrected chi connectivity index (χ1v) is 8.38. The van der Waals surface area contributed by atoms with Crippen molar-refractivity contribution in [2.24, 2.45) is 5.92 Å². The van der Waals surface area contributed by atoms with Crippen LogP contribution in [0.2, 0.25) is 0 Å². The molecule has 1 aliphatic heterocycles. The highest BCUT2D eigenvalue weighted by molar-refractivity contribution is 5.68. The summed E-state index contributed by atoms with van der Waals surface area (Å²) >= 11 is 0. The number of amides is 1. The average molecular weight is 313 g/mol. The lowest BCUT2D eigenvalue weighted by atomic mass is 9.73. The van der Waals surface area contributed by atoms with Gasteiger partial charge in [0.2, 0.25) is 0 Å². The van der Waals surface area contributed by atoms with Crippen LogP contribution in [0.1, 0.15) is 38.2 Å². The highest BCUT2D eigenvalue weighted by Crippen LogP contribution is 2.42. The SMILES string of the molecule is CCOC(=O)N1CCC2C1CCCC2(O)C#Cc1ccccc1. The number of nitrogens with zero attached hydrogens (tertiary/aromatic N) is 1. The van der Waals surface area contributed by atoms with Gasteiger partial charge in [0.05, 0.1) is 6.61 Å². The van der Waals surface area contributed by atoms with Crippen molar-refractivity contribution in [3.8, 4) is 11.8 Å². The van der Waals surface area contributed by atoms with Crippen molar-refractivity contribution in [3.05, 3.63) is 35.9 Å². The molecule has 1 N–H and O–H groups in total. The number of carbonyl (C=O) groups excluding carboxylic acids is 1. The normalized spacial score (nSPS) is 29.4. The zero-order valence-electron chi connectivity index (χ0n) is 13.5. The van der Waals surface area contributed by atoms with Gasteiger partial charge in [-0.2, -0.15) is 0 Å². The third-order valence-corrected chi connectivity index (χ3v) is 4.92. The molecule has 1 aliphatic carbocycles. The zero-order chi connectivity index (χ0) is 16.3. The largest absolute Gasteiger partial charge is 0.450 e. The summed E-state index contributed by atoms with van der Waals surface area (Å²) in [5, 5.41) is 11.1. The molecule has 4 heteroatoms. The molecule has 2 aliphatic rings. The molecule has 1 heterocycles. The van der Waals surface area contributed by atoms with E-state index < -0.39 is 5.60 Å². The second-order valence-corrected chi connectivity index (χ2v) is 6.29. The van der Waals surface area contributed by atoms with Gasteiger partial charge in [-0.25, -0.2) is 4.79 Å². The van der Waals surface area contributed by atoms with Gasteiger partial charge >= 0.3 is 6.09 Å². The monoisotopic (exact) mass is 313 g/mol. The molecular formula is C19H23NO3. The second kappa shape index (κ2) is 6.64. The topological polar surface area (TPSA) is 49.8 Å². The van der Waals surface area contributed by atoms with E-state index in [-0.39, 0.29) is 18.1 Å². The van der Waals surface area contributed by atoms with Crippen molar-refractivity contribution in [1.29, 1.82) is 0 Å². The molecule has 0 aromatic heterocycles. The lowest BCUT2D eigenvalue weighted by molar-refractivity contribution is -0.0145. The van der Waals surface area contributed by atoms with Gasteiger partial charge in [0.15, 0.2) is 0 Å². The van der Waals surface area contributed by atoms with Crippen LogP contribution in [0.15, 0.2) is 30.3 Å². The summed E-state index contributed by atoms with van der Waals surface area (Å²) in [6, 6.07) is 9.75. The van der Waals surface area contributed by atoms with Crippen LogP contribution in [-0.2, 0) is 4.74 Å². The third kappa shape index (κ3) is 3.20. The summed E-state index contributed by atoms with van der Waals surface area (Å²) < 4.78 is 5.14. The number of benzene rings is 1. The quantitative estimate of drug-likeness (QED) is 0.811. The van der Waals surface area contributed by atoms with Crippen LogP contribution in [0.4, 0.5) is 4.79 Å². The molecule has 1 aromatic rings. The van der Waals surface area contributed by atoms with E-state index in [1.807, 2.05) is 37.3 Å². The van der Waals surface area contributed by atoms with Crippen LogP contribution < -0.4 is 0 Å². The molecular weight excluding hydrogens is 290 g/mol. The number of aliphatic hydroxyl groups is 1. The molecule has 3 unspecified atom stereocenters. The summed E-state index contributed by atoms with van der Waals surface area (Å²) in [6.45, 7) is 2.84. The van der Waals surface area contributed by atoms with Gasteiger partial charge in [0.25, 0.3) is 0 Å². The van der Waals surface area contributed by atoms with Crippen molar-refractivity contribution in [2.75, 3.05) is 13.2 Å². The van der Waals surface area contributed by atoms with Crippen LogP contribution in [0.5, 0.6) is 0 Å². The fourth-order valence-electron chi connectivity index (χ4n) is 3.82. The third-order valence-electron chi connectivity index (χ3n) is 4.92. The molecule has 122 valence electrons. The Balaban J connectivity index is 1.79. The first kappa shape index (κ1) is 15.9. The molecule has 0 spiro atoms. The number of fused-ring (bicyclic) bond motifs is 1. The van der Waals surface area contributed by atoms with Crippen LogP contribution in [0, 0.1) is 17.8 Å². The van der Waals surface area contributed by atoms with Crippen molar-refractivity contribution >= 4 is 6.09 Å². The fraction of sp³-hybridized carbons (Fsp3) is 0.526. The Bertz CT molecular complexity index is 618. The first-order valence-electron chi connectivity index (χ1n) is 8.38. The zero-order valence-corrected chi connectivity index (χ0v) is 13.5. The molecule has 3 atom stereocenters. The number of carbonyl (C=O) groups is 1. The summed E-state index contributed by atoms with van der Waals surface area (Å²) in [4.78, 5) is 13.9. The first-order chi connectivity index (χ1) is 11.1. The number of likely N-dealkylation sites (tertiary alicyclic amines) is 1. The Morgan fingerprint density at radius 1 is 1.39 bits per heavy atom. The Morgan fingerprint density at radius 2 is 2.17 bits per heavy atom. The molecule has 0 radical (unpaired) electrons. The molecule has 1 amide bonds. The predicted octanol–water partition coefficient (Wildman–Crippen LogP) is 2.80. The summed E-state index contributed by atoms with van der Waals surface area (Å²) in [6.07, 6.45) is 2.98. The van der Waals surface area contributed by atoms with E-state index in [2.05, 4.69) is 11.8 Å². The van der Waals surface area contributed by atoms with Gasteiger partial charge < -0.3 is 14.7 Å². The van der Waals surface area contributed by atoms with Gasteiger partial charge in [-0.3, -0.25) is 0 Å². The molecule has 4 nitrogen and oxygen atoms in total. The van der Waals surface area contributed by atoms with Gasteiger partial charge in [-0.15, -0.1) is 0 Å².